The number of pyridine rings is 1. The highest BCUT2D eigenvalue weighted by atomic mass is 15.1. The first kappa shape index (κ1) is 22.8. The van der Waals surface area contributed by atoms with E-state index in [9.17, 15) is 0 Å². The molecule has 1 aromatic heterocycles. The highest BCUT2D eigenvalue weighted by Gasteiger charge is 2.61. The molecule has 2 aromatic carbocycles. The van der Waals surface area contributed by atoms with Crippen molar-refractivity contribution in [2.24, 2.45) is 0 Å². The van der Waals surface area contributed by atoms with Crippen molar-refractivity contribution in [1.82, 2.24) is 0 Å². The zero-order chi connectivity index (χ0) is 24.8. The lowest BCUT2D eigenvalue weighted by atomic mass is 9.59. The van der Waals surface area contributed by atoms with Gasteiger partial charge in [0.1, 0.15) is 0 Å². The predicted octanol–water partition coefficient (Wildman–Crippen LogP) is 8.30. The van der Waals surface area contributed by atoms with Crippen LogP contribution in [0, 0.1) is 6.92 Å². The van der Waals surface area contributed by atoms with Crippen LogP contribution < -0.4 is 4.57 Å². The molecule has 6 rings (SSSR count). The maximum Gasteiger partial charge on any atom is 0.213 e. The molecule has 2 heterocycles. The summed E-state index contributed by atoms with van der Waals surface area (Å²) in [5.74, 6) is 0. The van der Waals surface area contributed by atoms with Crippen LogP contribution in [0.4, 0.5) is 0 Å². The Hall–Kier alpha value is -2.67. The summed E-state index contributed by atoms with van der Waals surface area (Å²) in [6.07, 6.45) is 10.7. The van der Waals surface area contributed by atoms with E-state index in [-0.39, 0.29) is 21.8 Å². The Bertz CT molecular complexity index is 1360. The molecule has 0 fully saturated rings. The summed E-state index contributed by atoms with van der Waals surface area (Å²) in [6, 6.07) is 18.6. The Morgan fingerprint density at radius 2 is 1.57 bits per heavy atom. The SMILES string of the molecule is C=CC1(CC)[n+]2cc(-c3ccccc3)c(C)cc2-c2cc3c4cc2C1(C)CCC4(C)CCC3(C)C. The van der Waals surface area contributed by atoms with Crippen LogP contribution in [-0.2, 0) is 21.8 Å². The highest BCUT2D eigenvalue weighted by molar-refractivity contribution is 5.74. The average molecular weight is 463 g/mol. The minimum Gasteiger partial charge on any atom is -0.188 e. The first-order chi connectivity index (χ1) is 16.6. The molecule has 0 saturated carbocycles. The molecule has 0 N–H and O–H groups in total. The second-order valence-corrected chi connectivity index (χ2v) is 12.7. The molecule has 0 amide bonds. The largest absolute Gasteiger partial charge is 0.213 e. The van der Waals surface area contributed by atoms with Gasteiger partial charge in [-0.25, -0.2) is 0 Å². The van der Waals surface area contributed by atoms with Crippen molar-refractivity contribution in [2.75, 3.05) is 0 Å². The number of aromatic nitrogens is 1. The Morgan fingerprint density at radius 3 is 2.26 bits per heavy atom. The van der Waals surface area contributed by atoms with Gasteiger partial charge in [-0.2, -0.15) is 4.57 Å². The van der Waals surface area contributed by atoms with Gasteiger partial charge in [0, 0.05) is 18.1 Å². The molecule has 2 bridgehead atoms. The maximum absolute atomic E-state index is 4.51. The number of nitrogens with zero attached hydrogens (tertiary/aromatic N) is 1. The summed E-state index contributed by atoms with van der Waals surface area (Å²) in [4.78, 5) is 0. The summed E-state index contributed by atoms with van der Waals surface area (Å²) in [5.41, 5.74) is 11.8. The van der Waals surface area contributed by atoms with Crippen LogP contribution in [0.15, 0.2) is 67.4 Å². The van der Waals surface area contributed by atoms with E-state index in [2.05, 4.69) is 113 Å². The van der Waals surface area contributed by atoms with E-state index in [0.29, 0.717) is 0 Å². The number of rotatable bonds is 3. The van der Waals surface area contributed by atoms with Crippen LogP contribution in [0.1, 0.15) is 89.0 Å². The van der Waals surface area contributed by atoms with E-state index in [0.717, 1.165) is 6.42 Å². The van der Waals surface area contributed by atoms with E-state index in [1.165, 1.54) is 53.6 Å². The van der Waals surface area contributed by atoms with Gasteiger partial charge in [-0.15, -0.1) is 0 Å². The zero-order valence-corrected chi connectivity index (χ0v) is 22.5. The third kappa shape index (κ3) is 2.79. The topological polar surface area (TPSA) is 3.88 Å². The fourth-order valence-corrected chi connectivity index (χ4v) is 7.96. The molecule has 2 aliphatic carbocycles. The Morgan fingerprint density at radius 1 is 0.857 bits per heavy atom. The minimum absolute atomic E-state index is 0.000755. The first-order valence-electron chi connectivity index (χ1n) is 13.6. The Balaban J connectivity index is 1.73. The number of aryl methyl sites for hydroxylation is 1. The summed E-state index contributed by atoms with van der Waals surface area (Å²) < 4.78 is 2.62. The normalized spacial score (nSPS) is 29.8. The lowest BCUT2D eigenvalue weighted by Crippen LogP contribution is -2.68. The third-order valence-electron chi connectivity index (χ3n) is 10.5. The van der Waals surface area contributed by atoms with Gasteiger partial charge in [-0.3, -0.25) is 0 Å². The van der Waals surface area contributed by atoms with Crippen LogP contribution in [0.25, 0.3) is 22.4 Å². The predicted molar refractivity (Wildman–Crippen MR) is 147 cm³/mol. The minimum atomic E-state index is -0.166. The summed E-state index contributed by atoms with van der Waals surface area (Å²) >= 11 is 0. The van der Waals surface area contributed by atoms with Crippen molar-refractivity contribution in [3.05, 3.63) is 89.6 Å². The summed E-state index contributed by atoms with van der Waals surface area (Å²) in [6.45, 7) is 19.1. The van der Waals surface area contributed by atoms with Crippen molar-refractivity contribution >= 4 is 0 Å². The fraction of sp³-hybridized carbons (Fsp3) is 0.441. The molecular formula is C34H40N+. The number of benzene rings is 2. The van der Waals surface area contributed by atoms with E-state index >= 15 is 0 Å². The van der Waals surface area contributed by atoms with Crippen molar-refractivity contribution in [1.29, 1.82) is 0 Å². The third-order valence-corrected chi connectivity index (χ3v) is 10.5. The lowest BCUT2D eigenvalue weighted by molar-refractivity contribution is -0.755. The van der Waals surface area contributed by atoms with Gasteiger partial charge in [0.05, 0.1) is 11.0 Å². The molecule has 1 heteroatoms. The molecule has 3 unspecified atom stereocenters. The molecule has 1 nitrogen and oxygen atoms in total. The zero-order valence-electron chi connectivity index (χ0n) is 22.5. The van der Waals surface area contributed by atoms with E-state index in [1.807, 2.05) is 0 Å². The summed E-state index contributed by atoms with van der Waals surface area (Å²) in [7, 11) is 0. The van der Waals surface area contributed by atoms with Crippen LogP contribution in [-0.4, -0.2) is 0 Å². The molecule has 0 spiro atoms. The van der Waals surface area contributed by atoms with Gasteiger partial charge < -0.3 is 0 Å². The molecule has 3 atom stereocenters. The number of fused-ring (bicyclic) bond motifs is 2. The fourth-order valence-electron chi connectivity index (χ4n) is 7.96. The molecule has 1 aliphatic heterocycles. The van der Waals surface area contributed by atoms with Gasteiger partial charge in [-0.05, 0) is 90.3 Å². The first-order valence-corrected chi connectivity index (χ1v) is 13.6. The van der Waals surface area contributed by atoms with Gasteiger partial charge in [-0.1, -0.05) is 70.7 Å². The van der Waals surface area contributed by atoms with Crippen LogP contribution in [0.2, 0.25) is 0 Å². The molecule has 180 valence electrons. The maximum atomic E-state index is 4.51. The van der Waals surface area contributed by atoms with Gasteiger partial charge in [0.15, 0.2) is 11.7 Å². The summed E-state index contributed by atoms with van der Waals surface area (Å²) in [5, 5.41) is 0. The van der Waals surface area contributed by atoms with Gasteiger partial charge in [0.2, 0.25) is 5.69 Å². The second kappa shape index (κ2) is 7.19. The highest BCUT2D eigenvalue weighted by Crippen LogP contribution is 2.59. The molecule has 3 aromatic rings. The average Bonchev–Trinajstić information content (AvgIpc) is 2.96. The molecular weight excluding hydrogens is 422 g/mol. The number of hydrogen-bond donors (Lipinski definition) is 0. The Kier molecular flexibility index (Phi) is 4.68. The van der Waals surface area contributed by atoms with Gasteiger partial charge in [0.25, 0.3) is 0 Å². The standard InChI is InChI=1S/C34H40N/c1-8-34(9-2)33(7)18-17-32(6)16-15-31(4,5)28-20-25(27(33)21-29(28)32)30-19-23(3)26(22-35(30)34)24-13-11-10-12-14-24/h8,10-14,19-22H,1,9,15-18H2,2-7H3/q+1. The van der Waals surface area contributed by atoms with Crippen molar-refractivity contribution in [3.8, 4) is 22.4 Å². The lowest BCUT2D eigenvalue weighted by Gasteiger charge is -2.46. The van der Waals surface area contributed by atoms with Crippen LogP contribution in [0.3, 0.4) is 0 Å². The Labute approximate surface area is 211 Å². The second-order valence-electron chi connectivity index (χ2n) is 12.7. The number of hydrogen-bond acceptors (Lipinski definition) is 0. The van der Waals surface area contributed by atoms with E-state index in [1.54, 1.807) is 16.7 Å². The van der Waals surface area contributed by atoms with Crippen LogP contribution in [0.5, 0.6) is 0 Å². The van der Waals surface area contributed by atoms with E-state index in [4.69, 9.17) is 0 Å². The monoisotopic (exact) mass is 462 g/mol. The van der Waals surface area contributed by atoms with Crippen molar-refractivity contribution < 1.29 is 4.57 Å². The van der Waals surface area contributed by atoms with Gasteiger partial charge >= 0.3 is 0 Å². The molecule has 0 radical (unpaired) electrons. The smallest absolute Gasteiger partial charge is 0.188 e. The number of allylic oxidation sites excluding steroid dienone is 1. The van der Waals surface area contributed by atoms with Crippen molar-refractivity contribution in [3.63, 3.8) is 0 Å². The quantitative estimate of drug-likeness (QED) is 0.272. The molecule has 35 heavy (non-hydrogen) atoms. The molecule has 3 aliphatic rings. The van der Waals surface area contributed by atoms with Crippen LogP contribution >= 0.6 is 0 Å². The van der Waals surface area contributed by atoms with Crippen molar-refractivity contribution in [2.45, 2.75) is 95.4 Å². The van der Waals surface area contributed by atoms with E-state index < -0.39 is 0 Å². The molecule has 0 saturated heterocycles.